The summed E-state index contributed by atoms with van der Waals surface area (Å²) in [5, 5.41) is 142. The fourth-order valence-corrected chi connectivity index (χ4v) is 3.76. The third kappa shape index (κ3) is 2.74. The van der Waals surface area contributed by atoms with E-state index in [-0.39, 0.29) is 0 Å². The van der Waals surface area contributed by atoms with Gasteiger partial charge in [-0.05, 0) is 0 Å². The van der Waals surface area contributed by atoms with Crippen LogP contribution in [0.1, 0.15) is 17.9 Å². The number of hydrogen-bond donors (Lipinski definition) is 15. The van der Waals surface area contributed by atoms with E-state index in [2.05, 4.69) is 9.47 Å². The van der Waals surface area contributed by atoms with Crippen LogP contribution < -0.4 is 14.8 Å². The number of methoxy groups -OCH3 is 1. The fourth-order valence-electron chi connectivity index (χ4n) is 3.76. The van der Waals surface area contributed by atoms with Gasteiger partial charge in [-0.1, -0.05) is 0 Å². The van der Waals surface area contributed by atoms with E-state index in [9.17, 15) is 76.3 Å². The lowest BCUT2D eigenvalue weighted by molar-refractivity contribution is -0.452. The van der Waals surface area contributed by atoms with Crippen molar-refractivity contribution in [2.24, 2.45) is 0 Å². The van der Waals surface area contributed by atoms with Crippen molar-refractivity contribution in [3.8, 4) is 28.7 Å². The topological polar surface area (TPSA) is 331 Å². The molecule has 3 rings (SSSR count). The Bertz CT molecular complexity index is 1020. The highest BCUT2D eigenvalue weighted by atomic mass is 16.8. The minimum atomic E-state index is -4.82. The first kappa shape index (κ1) is 25.9. The highest BCUT2D eigenvalue weighted by molar-refractivity contribution is 5.82. The zero-order chi connectivity index (χ0) is 26.4. The van der Waals surface area contributed by atoms with E-state index in [0.717, 1.165) is 7.11 Å². The third-order valence-corrected chi connectivity index (χ3v) is 5.78. The Kier molecular flexibility index (Phi) is 5.25. The first-order valence-electron chi connectivity index (χ1n) is 8.94. The lowest BCUT2D eigenvalue weighted by Gasteiger charge is -2.39. The number of amides is 1. The molecule has 1 unspecified atom stereocenters. The van der Waals surface area contributed by atoms with Crippen LogP contribution in [0.2, 0.25) is 0 Å². The van der Waals surface area contributed by atoms with Crippen molar-refractivity contribution in [1.29, 1.82) is 0 Å². The van der Waals surface area contributed by atoms with E-state index in [1.165, 1.54) is 0 Å². The van der Waals surface area contributed by atoms with Crippen LogP contribution >= 0.6 is 0 Å². The minimum absolute atomic E-state index is 0.725. The number of phenolic OH excluding ortho intramolecular Hbond substituents is 3. The number of carbonyl (C=O) groups is 1. The standard InChI is InChI=1S/C16H21NO17/c1-33-9-8(21)6(19)5(3-2-4(18)17-11(3,22)23)7(20)10(9)34-16(32)14(28,29)12(24,25)13(26,27)15(16,30)31/h3,19-32H,2H2,1H3,(H,17,18). The highest BCUT2D eigenvalue weighted by Gasteiger charge is 2.93. The lowest BCUT2D eigenvalue weighted by atomic mass is 9.91. The van der Waals surface area contributed by atoms with Crippen LogP contribution in [0.5, 0.6) is 28.7 Å². The first-order valence-corrected chi connectivity index (χ1v) is 8.94. The van der Waals surface area contributed by atoms with E-state index in [1.54, 1.807) is 5.32 Å². The smallest absolute Gasteiger partial charge is 0.329 e. The number of nitrogens with one attached hydrogen (secondary N) is 1. The normalized spacial score (nSPS) is 27.3. The lowest BCUT2D eigenvalue weighted by Crippen LogP contribution is -2.70. The van der Waals surface area contributed by atoms with E-state index in [1.807, 2.05) is 0 Å². The van der Waals surface area contributed by atoms with Crippen molar-refractivity contribution in [3.05, 3.63) is 5.56 Å². The van der Waals surface area contributed by atoms with E-state index < -0.39 is 87.4 Å². The zero-order valence-corrected chi connectivity index (χ0v) is 16.8. The number of phenols is 3. The summed E-state index contributed by atoms with van der Waals surface area (Å²) in [6.45, 7) is 0. The van der Waals surface area contributed by atoms with Crippen LogP contribution in [0.3, 0.4) is 0 Å². The SMILES string of the molecule is COc1c(O)c(O)c(C2CC(=O)NC2(O)O)c(O)c1OC1(O)C(O)(O)C(O)(O)C(O)(O)C1(O)O. The van der Waals surface area contributed by atoms with Gasteiger partial charge in [-0.15, -0.1) is 0 Å². The molecule has 1 atom stereocenters. The van der Waals surface area contributed by atoms with Gasteiger partial charge >= 0.3 is 5.79 Å². The van der Waals surface area contributed by atoms with Gasteiger partial charge in [-0.3, -0.25) is 4.79 Å². The molecule has 192 valence electrons. The highest BCUT2D eigenvalue weighted by Crippen LogP contribution is 2.60. The van der Waals surface area contributed by atoms with Gasteiger partial charge in [0, 0.05) is 6.42 Å². The minimum Gasteiger partial charge on any atom is -0.504 e. The van der Waals surface area contributed by atoms with Crippen LogP contribution in [0.15, 0.2) is 0 Å². The average molecular weight is 499 g/mol. The molecule has 1 aromatic rings. The molecule has 0 radical (unpaired) electrons. The molecule has 1 heterocycles. The molecular weight excluding hydrogens is 478 g/mol. The van der Waals surface area contributed by atoms with E-state index >= 15 is 0 Å². The van der Waals surface area contributed by atoms with Crippen molar-refractivity contribution in [2.75, 3.05) is 7.11 Å². The Labute approximate surface area is 186 Å². The number of carbonyl (C=O) groups excluding carboxylic acids is 1. The van der Waals surface area contributed by atoms with Gasteiger partial charge in [-0.25, -0.2) is 0 Å². The Morgan fingerprint density at radius 1 is 0.735 bits per heavy atom. The number of hydrogen-bond acceptors (Lipinski definition) is 17. The van der Waals surface area contributed by atoms with Crippen molar-refractivity contribution >= 4 is 5.91 Å². The Morgan fingerprint density at radius 3 is 1.59 bits per heavy atom. The summed E-state index contributed by atoms with van der Waals surface area (Å²) >= 11 is 0. The van der Waals surface area contributed by atoms with Crippen LogP contribution in [-0.4, -0.2) is 119 Å². The van der Waals surface area contributed by atoms with Crippen LogP contribution in [0, 0.1) is 0 Å². The van der Waals surface area contributed by atoms with E-state index in [0.29, 0.717) is 0 Å². The largest absolute Gasteiger partial charge is 0.504 e. The van der Waals surface area contributed by atoms with Crippen molar-refractivity contribution < 1.29 is 85.8 Å². The average Bonchev–Trinajstić information content (AvgIpc) is 2.98. The molecular formula is C16H21NO17. The maximum atomic E-state index is 11.6. The van der Waals surface area contributed by atoms with Crippen molar-refractivity contribution in [3.63, 3.8) is 0 Å². The number of aromatic hydroxyl groups is 3. The van der Waals surface area contributed by atoms with Gasteiger partial charge < -0.3 is 86.3 Å². The van der Waals surface area contributed by atoms with Gasteiger partial charge in [0.2, 0.25) is 23.2 Å². The summed E-state index contributed by atoms with van der Waals surface area (Å²) in [5.41, 5.74) is -1.11. The third-order valence-electron chi connectivity index (χ3n) is 5.78. The van der Waals surface area contributed by atoms with Crippen molar-refractivity contribution in [1.82, 2.24) is 5.32 Å². The molecule has 0 spiro atoms. The molecule has 1 amide bonds. The van der Waals surface area contributed by atoms with Gasteiger partial charge in [-0.2, -0.15) is 0 Å². The molecule has 2 aliphatic rings. The summed E-state index contributed by atoms with van der Waals surface area (Å²) < 4.78 is 9.18. The van der Waals surface area contributed by atoms with E-state index in [4.69, 9.17) is 0 Å². The molecule has 1 aliphatic carbocycles. The molecule has 18 heteroatoms. The molecule has 0 bridgehead atoms. The molecule has 1 saturated heterocycles. The quantitative estimate of drug-likeness (QED) is 0.104. The van der Waals surface area contributed by atoms with Crippen LogP contribution in [-0.2, 0) is 4.79 Å². The second kappa shape index (κ2) is 6.90. The molecule has 1 saturated carbocycles. The van der Waals surface area contributed by atoms with Crippen molar-refractivity contribution in [2.45, 2.75) is 47.2 Å². The maximum Gasteiger partial charge on any atom is 0.329 e. The Morgan fingerprint density at radius 2 is 1.21 bits per heavy atom. The summed E-state index contributed by atoms with van der Waals surface area (Å²) in [5.74, 6) is -37.3. The molecule has 0 aromatic heterocycles. The molecule has 18 nitrogen and oxygen atoms in total. The number of aliphatic hydroxyl groups is 11. The molecule has 1 aromatic carbocycles. The van der Waals surface area contributed by atoms with Gasteiger partial charge in [0.1, 0.15) is 0 Å². The predicted molar refractivity (Wildman–Crippen MR) is 94.9 cm³/mol. The summed E-state index contributed by atoms with van der Waals surface area (Å²) in [4.78, 5) is 11.6. The number of benzene rings is 1. The second-order valence-corrected chi connectivity index (χ2v) is 7.79. The Hall–Kier alpha value is -2.75. The molecule has 34 heavy (non-hydrogen) atoms. The number of rotatable bonds is 4. The maximum absolute atomic E-state index is 11.6. The van der Waals surface area contributed by atoms with Gasteiger partial charge in [0.05, 0.1) is 18.6 Å². The summed E-state index contributed by atoms with van der Waals surface area (Å²) in [6, 6.07) is 0. The zero-order valence-electron chi connectivity index (χ0n) is 16.8. The molecule has 2 fully saturated rings. The monoisotopic (exact) mass is 499 g/mol. The van der Waals surface area contributed by atoms with Gasteiger partial charge in [0.25, 0.3) is 29.1 Å². The summed E-state index contributed by atoms with van der Waals surface area (Å²) in [6.07, 6.45) is -0.857. The second-order valence-electron chi connectivity index (χ2n) is 7.79. The summed E-state index contributed by atoms with van der Waals surface area (Å²) in [7, 11) is 0.725. The van der Waals surface area contributed by atoms with Gasteiger partial charge in [0.15, 0.2) is 11.5 Å². The molecule has 1 aliphatic heterocycles. The van der Waals surface area contributed by atoms with Crippen LogP contribution in [0.25, 0.3) is 0 Å². The predicted octanol–water partition coefficient (Wildman–Crippen LogP) is -7.14. The van der Waals surface area contributed by atoms with Crippen LogP contribution in [0.4, 0.5) is 0 Å². The fraction of sp³-hybridized carbons (Fsp3) is 0.562. The Balaban J connectivity index is 2.31. The first-order chi connectivity index (χ1) is 15.1. The molecule has 15 N–H and O–H groups in total. The number of ether oxygens (including phenoxy) is 2.